The average molecular weight is 446 g/mol. The van der Waals surface area contributed by atoms with E-state index in [4.69, 9.17) is 4.74 Å². The summed E-state index contributed by atoms with van der Waals surface area (Å²) in [6.45, 7) is 1.61. The maximum Gasteiger partial charge on any atom is 0.265 e. The number of anilines is 1. The van der Waals surface area contributed by atoms with Crippen molar-refractivity contribution in [3.05, 3.63) is 89.0 Å². The Hall–Kier alpha value is -3.46. The SMILES string of the molecule is COc1ccc(C(=O)NCc2cc(F)ccc2F)cc1S(=O)(=O)Nc1ccc(C)cc1. The summed E-state index contributed by atoms with van der Waals surface area (Å²) < 4.78 is 60.4. The largest absolute Gasteiger partial charge is 0.495 e. The molecule has 0 unspecified atom stereocenters. The highest BCUT2D eigenvalue weighted by Crippen LogP contribution is 2.27. The quantitative estimate of drug-likeness (QED) is 0.574. The third kappa shape index (κ3) is 5.37. The van der Waals surface area contributed by atoms with Crippen LogP contribution in [0.3, 0.4) is 0 Å². The highest BCUT2D eigenvalue weighted by Gasteiger charge is 2.22. The average Bonchev–Trinajstić information content (AvgIpc) is 2.75. The summed E-state index contributed by atoms with van der Waals surface area (Å²) in [5.41, 5.74) is 1.30. The molecule has 0 fully saturated rings. The topological polar surface area (TPSA) is 84.5 Å². The van der Waals surface area contributed by atoms with Crippen molar-refractivity contribution in [3.8, 4) is 5.75 Å². The summed E-state index contributed by atoms with van der Waals surface area (Å²) in [7, 11) is -2.76. The Labute approximate surface area is 178 Å². The van der Waals surface area contributed by atoms with Crippen molar-refractivity contribution in [2.75, 3.05) is 11.8 Å². The molecule has 0 atom stereocenters. The van der Waals surface area contributed by atoms with Crippen molar-refractivity contribution in [3.63, 3.8) is 0 Å². The number of ether oxygens (including phenoxy) is 1. The Morgan fingerprint density at radius 2 is 1.71 bits per heavy atom. The monoisotopic (exact) mass is 446 g/mol. The Bertz CT molecular complexity index is 1210. The van der Waals surface area contributed by atoms with Gasteiger partial charge in [-0.05, 0) is 55.5 Å². The van der Waals surface area contributed by atoms with Gasteiger partial charge in [0, 0.05) is 23.4 Å². The number of aryl methyl sites for hydroxylation is 1. The van der Waals surface area contributed by atoms with E-state index in [2.05, 4.69) is 10.0 Å². The van der Waals surface area contributed by atoms with Crippen LogP contribution in [0.15, 0.2) is 65.6 Å². The van der Waals surface area contributed by atoms with Crippen molar-refractivity contribution < 1.29 is 26.7 Å². The zero-order chi connectivity index (χ0) is 22.6. The number of rotatable bonds is 7. The Kier molecular flexibility index (Phi) is 6.55. The molecule has 0 aliphatic carbocycles. The first kappa shape index (κ1) is 22.2. The van der Waals surface area contributed by atoms with E-state index in [1.54, 1.807) is 24.3 Å². The van der Waals surface area contributed by atoms with Crippen LogP contribution in [0.5, 0.6) is 5.75 Å². The van der Waals surface area contributed by atoms with E-state index in [0.29, 0.717) is 5.69 Å². The second kappa shape index (κ2) is 9.13. The lowest BCUT2D eigenvalue weighted by molar-refractivity contribution is 0.0950. The molecule has 31 heavy (non-hydrogen) atoms. The number of sulfonamides is 1. The molecule has 3 aromatic carbocycles. The molecule has 0 heterocycles. The molecule has 0 saturated carbocycles. The van der Waals surface area contributed by atoms with E-state index < -0.39 is 27.6 Å². The molecule has 0 radical (unpaired) electrons. The number of carbonyl (C=O) groups is 1. The fourth-order valence-electron chi connectivity index (χ4n) is 2.82. The molecule has 162 valence electrons. The van der Waals surface area contributed by atoms with Crippen LogP contribution >= 0.6 is 0 Å². The number of methoxy groups -OCH3 is 1. The molecular formula is C22H20F2N2O4S. The molecular weight excluding hydrogens is 426 g/mol. The van der Waals surface area contributed by atoms with Crippen LogP contribution in [0.25, 0.3) is 0 Å². The number of halogens is 2. The van der Waals surface area contributed by atoms with Crippen LogP contribution in [0.2, 0.25) is 0 Å². The summed E-state index contributed by atoms with van der Waals surface area (Å²) >= 11 is 0. The van der Waals surface area contributed by atoms with Crippen molar-refractivity contribution in [2.45, 2.75) is 18.4 Å². The van der Waals surface area contributed by atoms with Crippen molar-refractivity contribution >= 4 is 21.6 Å². The fraction of sp³-hybridized carbons (Fsp3) is 0.136. The van der Waals surface area contributed by atoms with E-state index in [1.807, 2.05) is 6.92 Å². The number of hydrogen-bond acceptors (Lipinski definition) is 4. The first-order valence-electron chi connectivity index (χ1n) is 9.19. The van der Waals surface area contributed by atoms with Gasteiger partial charge in [0.05, 0.1) is 7.11 Å². The number of amides is 1. The van der Waals surface area contributed by atoms with E-state index in [9.17, 15) is 22.0 Å². The van der Waals surface area contributed by atoms with E-state index >= 15 is 0 Å². The molecule has 3 aromatic rings. The summed E-state index contributed by atoms with van der Waals surface area (Å²) in [6.07, 6.45) is 0. The lowest BCUT2D eigenvalue weighted by atomic mass is 10.1. The number of hydrogen-bond donors (Lipinski definition) is 2. The van der Waals surface area contributed by atoms with E-state index in [-0.39, 0.29) is 28.3 Å². The minimum Gasteiger partial charge on any atom is -0.495 e. The summed E-state index contributed by atoms with van der Waals surface area (Å²) in [6, 6.07) is 13.5. The predicted molar refractivity (Wildman–Crippen MR) is 113 cm³/mol. The maximum absolute atomic E-state index is 13.8. The van der Waals surface area contributed by atoms with Crippen molar-refractivity contribution in [1.82, 2.24) is 5.32 Å². The molecule has 6 nitrogen and oxygen atoms in total. The number of benzene rings is 3. The normalized spacial score (nSPS) is 11.1. The number of carbonyl (C=O) groups excluding carboxylic acids is 1. The van der Waals surface area contributed by atoms with E-state index in [1.165, 1.54) is 19.2 Å². The second-order valence-corrected chi connectivity index (χ2v) is 8.41. The molecule has 0 bridgehead atoms. The Morgan fingerprint density at radius 1 is 1.00 bits per heavy atom. The van der Waals surface area contributed by atoms with Gasteiger partial charge < -0.3 is 10.1 Å². The van der Waals surface area contributed by atoms with Crippen LogP contribution in [0.1, 0.15) is 21.5 Å². The van der Waals surface area contributed by atoms with Crippen LogP contribution in [0, 0.1) is 18.6 Å². The lowest BCUT2D eigenvalue weighted by Crippen LogP contribution is -2.24. The zero-order valence-corrected chi connectivity index (χ0v) is 17.6. The highest BCUT2D eigenvalue weighted by molar-refractivity contribution is 7.92. The minimum absolute atomic E-state index is 0.0156. The molecule has 9 heteroatoms. The smallest absolute Gasteiger partial charge is 0.265 e. The minimum atomic E-state index is -4.07. The van der Waals surface area contributed by atoms with Gasteiger partial charge in [0.2, 0.25) is 0 Å². The van der Waals surface area contributed by atoms with Gasteiger partial charge in [0.15, 0.2) is 0 Å². The van der Waals surface area contributed by atoms with Gasteiger partial charge in [-0.2, -0.15) is 0 Å². The van der Waals surface area contributed by atoms with E-state index in [0.717, 1.165) is 29.8 Å². The molecule has 0 aliphatic rings. The van der Waals surface area contributed by atoms with Gasteiger partial charge in [-0.25, -0.2) is 17.2 Å². The molecule has 2 N–H and O–H groups in total. The van der Waals surface area contributed by atoms with Gasteiger partial charge >= 0.3 is 0 Å². The summed E-state index contributed by atoms with van der Waals surface area (Å²) in [4.78, 5) is 12.3. The maximum atomic E-state index is 13.8. The van der Waals surface area contributed by atoms with Crippen molar-refractivity contribution in [2.24, 2.45) is 0 Å². The zero-order valence-electron chi connectivity index (χ0n) is 16.8. The fourth-order valence-corrected chi connectivity index (χ4v) is 4.07. The highest BCUT2D eigenvalue weighted by atomic mass is 32.2. The third-order valence-corrected chi connectivity index (χ3v) is 5.87. The molecule has 3 rings (SSSR count). The van der Waals surface area contributed by atoms with Crippen LogP contribution in [-0.4, -0.2) is 21.4 Å². The first-order chi connectivity index (χ1) is 14.7. The van der Waals surface area contributed by atoms with Crippen LogP contribution < -0.4 is 14.8 Å². The lowest BCUT2D eigenvalue weighted by Gasteiger charge is -2.13. The molecule has 0 aliphatic heterocycles. The predicted octanol–water partition coefficient (Wildman–Crippen LogP) is 4.01. The third-order valence-electron chi connectivity index (χ3n) is 4.47. The summed E-state index contributed by atoms with van der Waals surface area (Å²) in [5, 5.41) is 2.45. The molecule has 1 amide bonds. The summed E-state index contributed by atoms with van der Waals surface area (Å²) in [5.74, 6) is -1.90. The molecule has 0 aromatic heterocycles. The first-order valence-corrected chi connectivity index (χ1v) is 10.7. The molecule has 0 saturated heterocycles. The van der Waals surface area contributed by atoms with Gasteiger partial charge in [-0.15, -0.1) is 0 Å². The van der Waals surface area contributed by atoms with Gasteiger partial charge in [-0.3, -0.25) is 9.52 Å². The van der Waals surface area contributed by atoms with Crippen LogP contribution in [-0.2, 0) is 16.6 Å². The van der Waals surface area contributed by atoms with Crippen molar-refractivity contribution in [1.29, 1.82) is 0 Å². The van der Waals surface area contributed by atoms with Gasteiger partial charge in [0.25, 0.3) is 15.9 Å². The standard InChI is InChI=1S/C22H20F2N2O4S/c1-14-3-7-18(8-4-14)26-31(28,29)21-12-15(5-10-20(21)30-2)22(27)25-13-16-11-17(23)6-9-19(16)24/h3-12,26H,13H2,1-2H3,(H,25,27). The van der Waals surface area contributed by atoms with Gasteiger partial charge in [-0.1, -0.05) is 17.7 Å². The number of nitrogens with one attached hydrogen (secondary N) is 2. The Morgan fingerprint density at radius 3 is 2.39 bits per heavy atom. The van der Waals surface area contributed by atoms with Gasteiger partial charge in [0.1, 0.15) is 22.3 Å². The van der Waals surface area contributed by atoms with Crippen LogP contribution in [0.4, 0.5) is 14.5 Å². The second-order valence-electron chi connectivity index (χ2n) is 6.76. The molecule has 0 spiro atoms. The Balaban J connectivity index is 1.84.